The Morgan fingerprint density at radius 1 is 1.28 bits per heavy atom. The summed E-state index contributed by atoms with van der Waals surface area (Å²) in [6.45, 7) is 6.44. The van der Waals surface area contributed by atoms with Gasteiger partial charge in [0.25, 0.3) is 0 Å². The van der Waals surface area contributed by atoms with Gasteiger partial charge in [-0.3, -0.25) is 4.99 Å². The molecule has 2 heterocycles. The molecule has 0 atom stereocenters. The molecule has 5 nitrogen and oxygen atoms in total. The first-order valence-corrected chi connectivity index (χ1v) is 9.35. The number of benzene rings is 1. The summed E-state index contributed by atoms with van der Waals surface area (Å²) in [4.78, 5) is 10.1. The molecule has 0 unspecified atom stereocenters. The van der Waals surface area contributed by atoms with Crippen LogP contribution in [0.15, 0.2) is 29.4 Å². The molecule has 0 saturated carbocycles. The monoisotopic (exact) mass is 341 g/mol. The number of aryl methyl sites for hydroxylation is 1. The summed E-state index contributed by atoms with van der Waals surface area (Å²) in [5.74, 6) is 1.67. The summed E-state index contributed by atoms with van der Waals surface area (Å²) in [6.07, 6.45) is 5.66. The van der Waals surface area contributed by atoms with Gasteiger partial charge in [-0.25, -0.2) is 0 Å². The zero-order valence-electron chi connectivity index (χ0n) is 15.7. The van der Waals surface area contributed by atoms with Gasteiger partial charge in [-0.1, -0.05) is 12.1 Å². The number of likely N-dealkylation sites (tertiary alicyclic amines) is 1. The Hall–Kier alpha value is -2.01. The molecule has 5 heteroatoms. The number of piperidine rings is 1. The lowest BCUT2D eigenvalue weighted by molar-refractivity contribution is 0.220. The zero-order valence-corrected chi connectivity index (χ0v) is 15.7. The van der Waals surface area contributed by atoms with E-state index in [-0.39, 0.29) is 0 Å². The smallest absolute Gasteiger partial charge is 0.190 e. The van der Waals surface area contributed by atoms with Gasteiger partial charge in [0.1, 0.15) is 0 Å². The van der Waals surface area contributed by atoms with Crippen molar-refractivity contribution in [3.05, 3.63) is 35.5 Å². The summed E-state index contributed by atoms with van der Waals surface area (Å²) in [7, 11) is 4.05. The van der Waals surface area contributed by atoms with Crippen molar-refractivity contribution in [3.8, 4) is 0 Å². The van der Waals surface area contributed by atoms with E-state index in [1.807, 2.05) is 7.05 Å². The normalized spacial score (nSPS) is 17.2. The van der Waals surface area contributed by atoms with E-state index < -0.39 is 0 Å². The largest absolute Gasteiger partial charge is 0.361 e. The van der Waals surface area contributed by atoms with Crippen LogP contribution in [0.1, 0.15) is 24.0 Å². The summed E-state index contributed by atoms with van der Waals surface area (Å²) in [6, 6.07) is 6.59. The molecule has 3 rings (SSSR count). The van der Waals surface area contributed by atoms with Crippen molar-refractivity contribution >= 4 is 16.9 Å². The van der Waals surface area contributed by atoms with Crippen molar-refractivity contribution < 1.29 is 0 Å². The maximum atomic E-state index is 4.36. The fraction of sp³-hybridized carbons (Fsp3) is 0.550. The minimum atomic E-state index is 0.756. The van der Waals surface area contributed by atoms with Gasteiger partial charge in [0, 0.05) is 37.2 Å². The topological polar surface area (TPSA) is 55.5 Å². The summed E-state index contributed by atoms with van der Waals surface area (Å²) in [5.41, 5.74) is 3.87. The number of aromatic amines is 1. The average Bonchev–Trinajstić information content (AvgIpc) is 3.01. The molecule has 25 heavy (non-hydrogen) atoms. The van der Waals surface area contributed by atoms with E-state index >= 15 is 0 Å². The van der Waals surface area contributed by atoms with Crippen LogP contribution in [0.3, 0.4) is 0 Å². The Morgan fingerprint density at radius 2 is 2.08 bits per heavy atom. The third-order valence-corrected chi connectivity index (χ3v) is 5.23. The summed E-state index contributed by atoms with van der Waals surface area (Å²) in [5, 5.41) is 8.26. The maximum absolute atomic E-state index is 4.36. The number of fused-ring (bicyclic) bond motifs is 1. The van der Waals surface area contributed by atoms with E-state index in [2.05, 4.69) is 63.9 Å². The van der Waals surface area contributed by atoms with Crippen LogP contribution in [0.2, 0.25) is 0 Å². The van der Waals surface area contributed by atoms with Crippen molar-refractivity contribution in [2.45, 2.75) is 26.2 Å². The molecule has 0 amide bonds. The van der Waals surface area contributed by atoms with Crippen LogP contribution < -0.4 is 10.6 Å². The number of guanidine groups is 1. The minimum Gasteiger partial charge on any atom is -0.361 e. The van der Waals surface area contributed by atoms with Gasteiger partial charge in [-0.05, 0) is 69.4 Å². The molecule has 0 spiro atoms. The average molecular weight is 342 g/mol. The number of hydrogen-bond acceptors (Lipinski definition) is 2. The lowest BCUT2D eigenvalue weighted by Crippen LogP contribution is -2.42. The molecule has 2 aromatic rings. The van der Waals surface area contributed by atoms with Crippen molar-refractivity contribution in [2.24, 2.45) is 10.9 Å². The minimum absolute atomic E-state index is 0.756. The van der Waals surface area contributed by atoms with Gasteiger partial charge < -0.3 is 20.5 Å². The van der Waals surface area contributed by atoms with Crippen LogP contribution >= 0.6 is 0 Å². The number of aromatic nitrogens is 1. The molecule has 1 aliphatic rings. The van der Waals surface area contributed by atoms with E-state index in [1.165, 1.54) is 48.0 Å². The molecule has 1 aromatic carbocycles. The first kappa shape index (κ1) is 17.8. The highest BCUT2D eigenvalue weighted by Crippen LogP contribution is 2.19. The molecule has 0 radical (unpaired) electrons. The van der Waals surface area contributed by atoms with E-state index in [0.29, 0.717) is 0 Å². The van der Waals surface area contributed by atoms with Gasteiger partial charge in [0.15, 0.2) is 5.96 Å². The highest BCUT2D eigenvalue weighted by atomic mass is 15.2. The van der Waals surface area contributed by atoms with E-state index in [0.717, 1.165) is 31.4 Å². The second-order valence-corrected chi connectivity index (χ2v) is 7.24. The summed E-state index contributed by atoms with van der Waals surface area (Å²) >= 11 is 0. The standard InChI is InChI=1S/C20H31N5/c1-15-4-5-18-17(14-23-19(18)12-15)6-9-22-20(21-2)24-13-16-7-10-25(3)11-8-16/h4-5,12,14,16,23H,6-11,13H2,1-3H3,(H2,21,22,24). The Balaban J connectivity index is 1.45. The second kappa shape index (κ2) is 8.39. The quantitative estimate of drug-likeness (QED) is 0.579. The van der Waals surface area contributed by atoms with Gasteiger partial charge >= 0.3 is 0 Å². The van der Waals surface area contributed by atoms with E-state index in [1.54, 1.807) is 0 Å². The Bertz CT molecular complexity index is 710. The number of rotatable bonds is 5. The lowest BCUT2D eigenvalue weighted by Gasteiger charge is -2.29. The predicted molar refractivity (Wildman–Crippen MR) is 106 cm³/mol. The first-order chi connectivity index (χ1) is 12.2. The van der Waals surface area contributed by atoms with E-state index in [9.17, 15) is 0 Å². The Morgan fingerprint density at radius 3 is 2.84 bits per heavy atom. The summed E-state index contributed by atoms with van der Waals surface area (Å²) < 4.78 is 0. The zero-order chi connectivity index (χ0) is 17.6. The fourth-order valence-electron chi connectivity index (χ4n) is 3.55. The number of nitrogens with zero attached hydrogens (tertiary/aromatic N) is 2. The number of hydrogen-bond donors (Lipinski definition) is 3. The van der Waals surface area contributed by atoms with Crippen molar-refractivity contribution in [1.29, 1.82) is 0 Å². The van der Waals surface area contributed by atoms with Crippen LogP contribution in [0, 0.1) is 12.8 Å². The van der Waals surface area contributed by atoms with Crippen LogP contribution in [0.4, 0.5) is 0 Å². The third-order valence-electron chi connectivity index (χ3n) is 5.23. The Kier molecular flexibility index (Phi) is 5.97. The molecular formula is C20H31N5. The van der Waals surface area contributed by atoms with Crippen LogP contribution in [0.25, 0.3) is 10.9 Å². The lowest BCUT2D eigenvalue weighted by atomic mass is 9.97. The molecule has 1 aliphatic heterocycles. The highest BCUT2D eigenvalue weighted by molar-refractivity contribution is 5.84. The third kappa shape index (κ3) is 4.75. The van der Waals surface area contributed by atoms with Gasteiger partial charge in [-0.15, -0.1) is 0 Å². The molecule has 0 aliphatic carbocycles. The molecule has 1 fully saturated rings. The van der Waals surface area contributed by atoms with E-state index in [4.69, 9.17) is 0 Å². The predicted octanol–water partition coefficient (Wildman–Crippen LogP) is 2.53. The molecule has 0 bridgehead atoms. The van der Waals surface area contributed by atoms with Crippen LogP contribution in [-0.4, -0.2) is 56.1 Å². The number of aliphatic imine (C=N–C) groups is 1. The first-order valence-electron chi connectivity index (χ1n) is 9.35. The van der Waals surface area contributed by atoms with Crippen LogP contribution in [0.5, 0.6) is 0 Å². The van der Waals surface area contributed by atoms with Gasteiger partial charge in [0.05, 0.1) is 0 Å². The molecule has 3 N–H and O–H groups in total. The Labute approximate surface area is 150 Å². The molecular weight excluding hydrogens is 310 g/mol. The fourth-order valence-corrected chi connectivity index (χ4v) is 3.55. The molecule has 1 saturated heterocycles. The van der Waals surface area contributed by atoms with Crippen molar-refractivity contribution in [2.75, 3.05) is 40.3 Å². The van der Waals surface area contributed by atoms with Crippen molar-refractivity contribution in [1.82, 2.24) is 20.5 Å². The second-order valence-electron chi connectivity index (χ2n) is 7.24. The van der Waals surface area contributed by atoms with Crippen molar-refractivity contribution in [3.63, 3.8) is 0 Å². The van der Waals surface area contributed by atoms with Crippen LogP contribution in [-0.2, 0) is 6.42 Å². The SMILES string of the molecule is CN=C(NCCc1c[nH]c2cc(C)ccc12)NCC1CCN(C)CC1. The number of H-pyrrole nitrogens is 1. The van der Waals surface area contributed by atoms with Gasteiger partial charge in [0.2, 0.25) is 0 Å². The molecule has 1 aromatic heterocycles. The highest BCUT2D eigenvalue weighted by Gasteiger charge is 2.16. The maximum Gasteiger partial charge on any atom is 0.190 e. The molecule has 136 valence electrons. The van der Waals surface area contributed by atoms with Gasteiger partial charge in [-0.2, -0.15) is 0 Å². The number of nitrogens with one attached hydrogen (secondary N) is 3.